The Bertz CT molecular complexity index is 619. The average Bonchev–Trinajstić information content (AvgIpc) is 2.66. The fourth-order valence-electron chi connectivity index (χ4n) is 1.62. The molecule has 0 atom stereocenters. The number of nitrogens with zero attached hydrogens (tertiary/aromatic N) is 5. The van der Waals surface area contributed by atoms with E-state index < -0.39 is 0 Å². The van der Waals surface area contributed by atoms with E-state index in [9.17, 15) is 0 Å². The molecular formula is C11H14N6OS. The van der Waals surface area contributed by atoms with Gasteiger partial charge in [0.1, 0.15) is 5.03 Å². The first-order valence-corrected chi connectivity index (χ1v) is 6.32. The van der Waals surface area contributed by atoms with Gasteiger partial charge in [0.05, 0.1) is 11.3 Å². The van der Waals surface area contributed by atoms with Gasteiger partial charge in [-0.1, -0.05) is 5.16 Å². The van der Waals surface area contributed by atoms with Crippen molar-refractivity contribution in [3.05, 3.63) is 29.2 Å². The summed E-state index contributed by atoms with van der Waals surface area (Å²) >= 11 is 1.32. The van der Waals surface area contributed by atoms with Crippen LogP contribution in [0, 0.1) is 13.8 Å². The molecule has 2 rings (SSSR count). The summed E-state index contributed by atoms with van der Waals surface area (Å²) in [6.07, 6.45) is 3.48. The Morgan fingerprint density at radius 3 is 2.58 bits per heavy atom. The largest absolute Gasteiger partial charge is 0.409 e. The summed E-state index contributed by atoms with van der Waals surface area (Å²) in [4.78, 5) is 8.44. The van der Waals surface area contributed by atoms with E-state index >= 15 is 0 Å². The first-order chi connectivity index (χ1) is 9.02. The SMILES string of the molecule is Cc1cnc(Sc2c(C(N)=NO)c(C)nn2C)nc1. The van der Waals surface area contributed by atoms with Crippen LogP contribution in [0.5, 0.6) is 0 Å². The zero-order chi connectivity index (χ0) is 14.0. The minimum Gasteiger partial charge on any atom is -0.409 e. The lowest BCUT2D eigenvalue weighted by molar-refractivity contribution is 0.318. The predicted octanol–water partition coefficient (Wildman–Crippen LogP) is 1.07. The molecule has 100 valence electrons. The van der Waals surface area contributed by atoms with Crippen LogP contribution in [0.2, 0.25) is 0 Å². The zero-order valence-corrected chi connectivity index (χ0v) is 11.6. The molecule has 2 heterocycles. The lowest BCUT2D eigenvalue weighted by Crippen LogP contribution is -2.15. The summed E-state index contributed by atoms with van der Waals surface area (Å²) in [6.45, 7) is 3.72. The second kappa shape index (κ2) is 5.27. The van der Waals surface area contributed by atoms with Gasteiger partial charge in [-0.05, 0) is 31.2 Å². The van der Waals surface area contributed by atoms with Crippen molar-refractivity contribution in [1.82, 2.24) is 19.7 Å². The van der Waals surface area contributed by atoms with Gasteiger partial charge in [0.15, 0.2) is 11.0 Å². The Balaban J connectivity index is 2.42. The maximum absolute atomic E-state index is 8.83. The number of rotatable bonds is 3. The van der Waals surface area contributed by atoms with Crippen LogP contribution in [0.3, 0.4) is 0 Å². The molecular weight excluding hydrogens is 264 g/mol. The van der Waals surface area contributed by atoms with Crippen LogP contribution in [0.4, 0.5) is 0 Å². The van der Waals surface area contributed by atoms with Crippen LogP contribution in [0.25, 0.3) is 0 Å². The van der Waals surface area contributed by atoms with Crippen molar-refractivity contribution in [1.29, 1.82) is 0 Å². The van der Waals surface area contributed by atoms with Gasteiger partial charge in [0.2, 0.25) is 0 Å². The highest BCUT2D eigenvalue weighted by atomic mass is 32.2. The van der Waals surface area contributed by atoms with Crippen LogP contribution < -0.4 is 5.73 Å². The molecule has 2 aromatic rings. The van der Waals surface area contributed by atoms with Gasteiger partial charge in [-0.2, -0.15) is 5.10 Å². The number of oxime groups is 1. The first-order valence-electron chi connectivity index (χ1n) is 5.51. The Morgan fingerprint density at radius 1 is 1.37 bits per heavy atom. The van der Waals surface area contributed by atoms with Gasteiger partial charge < -0.3 is 10.9 Å². The first kappa shape index (κ1) is 13.3. The van der Waals surface area contributed by atoms with E-state index in [1.807, 2.05) is 6.92 Å². The Kier molecular flexibility index (Phi) is 3.70. The molecule has 8 heteroatoms. The second-order valence-electron chi connectivity index (χ2n) is 4.02. The molecule has 0 amide bonds. The molecule has 7 nitrogen and oxygen atoms in total. The molecule has 0 fully saturated rings. The van der Waals surface area contributed by atoms with Crippen molar-refractivity contribution in [3.8, 4) is 0 Å². The van der Waals surface area contributed by atoms with Crippen molar-refractivity contribution in [2.45, 2.75) is 24.0 Å². The molecule has 0 saturated carbocycles. The van der Waals surface area contributed by atoms with Gasteiger partial charge in [-0.3, -0.25) is 4.68 Å². The van der Waals surface area contributed by atoms with Gasteiger partial charge in [0.25, 0.3) is 0 Å². The molecule has 19 heavy (non-hydrogen) atoms. The standard InChI is InChI=1S/C11H14N6OS/c1-6-4-13-11(14-5-6)19-10-8(9(12)16-18)7(2)15-17(10)3/h4-5,18H,1-3H3,(H2,12,16). The van der Waals surface area contributed by atoms with Gasteiger partial charge in [-0.15, -0.1) is 0 Å². The Hall–Kier alpha value is -2.09. The Labute approximate surface area is 114 Å². The summed E-state index contributed by atoms with van der Waals surface area (Å²) in [5.41, 5.74) is 7.95. The van der Waals surface area contributed by atoms with Crippen molar-refractivity contribution in [3.63, 3.8) is 0 Å². The van der Waals surface area contributed by atoms with E-state index in [1.54, 1.807) is 31.0 Å². The summed E-state index contributed by atoms with van der Waals surface area (Å²) in [7, 11) is 1.79. The number of aromatic nitrogens is 4. The van der Waals surface area contributed by atoms with E-state index in [2.05, 4.69) is 20.2 Å². The summed E-state index contributed by atoms with van der Waals surface area (Å²) in [5, 5.41) is 17.4. The average molecular weight is 278 g/mol. The molecule has 3 N–H and O–H groups in total. The lowest BCUT2D eigenvalue weighted by Gasteiger charge is -2.04. The smallest absolute Gasteiger partial charge is 0.193 e. The number of nitrogens with two attached hydrogens (primary N) is 1. The topological polar surface area (TPSA) is 102 Å². The van der Waals surface area contributed by atoms with Gasteiger partial charge in [0, 0.05) is 19.4 Å². The molecule has 0 saturated heterocycles. The molecule has 0 unspecified atom stereocenters. The van der Waals surface area contributed by atoms with E-state index in [4.69, 9.17) is 10.9 Å². The highest BCUT2D eigenvalue weighted by Gasteiger charge is 2.19. The maximum atomic E-state index is 8.83. The third-order valence-corrected chi connectivity index (χ3v) is 3.53. The van der Waals surface area contributed by atoms with Crippen molar-refractivity contribution in [2.75, 3.05) is 0 Å². The lowest BCUT2D eigenvalue weighted by atomic mass is 10.2. The van der Waals surface area contributed by atoms with Crippen molar-refractivity contribution >= 4 is 17.6 Å². The number of aryl methyl sites for hydroxylation is 3. The molecule has 0 spiro atoms. The number of amidine groups is 1. The second-order valence-corrected chi connectivity index (χ2v) is 4.98. The summed E-state index contributed by atoms with van der Waals surface area (Å²) < 4.78 is 1.66. The van der Waals surface area contributed by atoms with Crippen molar-refractivity contribution in [2.24, 2.45) is 17.9 Å². The van der Waals surface area contributed by atoms with Gasteiger partial charge in [-0.25, -0.2) is 9.97 Å². The molecule has 0 radical (unpaired) electrons. The van der Waals surface area contributed by atoms with Crippen molar-refractivity contribution < 1.29 is 5.21 Å². The summed E-state index contributed by atoms with van der Waals surface area (Å²) in [5.74, 6) is 0.0280. The molecule has 0 bridgehead atoms. The normalized spacial score (nSPS) is 11.8. The highest BCUT2D eigenvalue weighted by molar-refractivity contribution is 7.99. The number of hydrogen-bond acceptors (Lipinski definition) is 6. The van der Waals surface area contributed by atoms with E-state index in [0.29, 0.717) is 16.4 Å². The van der Waals surface area contributed by atoms with Crippen LogP contribution in [-0.2, 0) is 7.05 Å². The monoisotopic (exact) mass is 278 g/mol. The molecule has 2 aromatic heterocycles. The molecule has 0 aliphatic carbocycles. The molecule has 0 aliphatic rings. The van der Waals surface area contributed by atoms with E-state index in [1.165, 1.54) is 11.8 Å². The fourth-order valence-corrected chi connectivity index (χ4v) is 2.53. The minimum atomic E-state index is 0.0280. The van der Waals surface area contributed by atoms with Gasteiger partial charge >= 0.3 is 0 Å². The third kappa shape index (κ3) is 2.68. The third-order valence-electron chi connectivity index (χ3n) is 2.48. The fraction of sp³-hybridized carbons (Fsp3) is 0.273. The van der Waals surface area contributed by atoms with Crippen LogP contribution in [-0.4, -0.2) is 30.8 Å². The Morgan fingerprint density at radius 2 is 2.00 bits per heavy atom. The van der Waals surface area contributed by atoms with Crippen LogP contribution in [0.15, 0.2) is 27.7 Å². The van der Waals surface area contributed by atoms with E-state index in [0.717, 1.165) is 10.6 Å². The maximum Gasteiger partial charge on any atom is 0.193 e. The predicted molar refractivity (Wildman–Crippen MR) is 71.3 cm³/mol. The number of hydrogen-bond donors (Lipinski definition) is 2. The minimum absolute atomic E-state index is 0.0280. The highest BCUT2D eigenvalue weighted by Crippen LogP contribution is 2.29. The van der Waals surface area contributed by atoms with Crippen LogP contribution >= 0.6 is 11.8 Å². The molecule has 0 aliphatic heterocycles. The quantitative estimate of drug-likeness (QED) is 0.286. The summed E-state index contributed by atoms with van der Waals surface area (Å²) in [6, 6.07) is 0. The van der Waals surface area contributed by atoms with E-state index in [-0.39, 0.29) is 5.84 Å². The van der Waals surface area contributed by atoms with Crippen LogP contribution in [0.1, 0.15) is 16.8 Å². The molecule has 0 aromatic carbocycles. The zero-order valence-electron chi connectivity index (χ0n) is 10.8.